The van der Waals surface area contributed by atoms with Crippen molar-refractivity contribution in [3.05, 3.63) is 24.0 Å². The van der Waals surface area contributed by atoms with Crippen LogP contribution in [0.15, 0.2) is 18.3 Å². The number of nitrogens with one attached hydrogen (secondary N) is 2. The predicted molar refractivity (Wildman–Crippen MR) is 69.7 cm³/mol. The van der Waals surface area contributed by atoms with E-state index in [1.807, 2.05) is 6.92 Å². The second kappa shape index (κ2) is 7.01. The first-order valence-electron chi connectivity index (χ1n) is 5.44. The van der Waals surface area contributed by atoms with Crippen molar-refractivity contribution in [2.45, 2.75) is 6.92 Å². The molecule has 0 aliphatic carbocycles. The van der Waals surface area contributed by atoms with E-state index in [1.54, 1.807) is 25.4 Å². The average molecular weight is 255 g/mol. The summed E-state index contributed by atoms with van der Waals surface area (Å²) in [6.07, 6.45) is 1.57. The van der Waals surface area contributed by atoms with E-state index in [9.17, 15) is 9.00 Å². The molecule has 0 aliphatic rings. The van der Waals surface area contributed by atoms with Crippen molar-refractivity contribution in [3.63, 3.8) is 0 Å². The van der Waals surface area contributed by atoms with E-state index >= 15 is 0 Å². The van der Waals surface area contributed by atoms with Crippen LogP contribution in [0.3, 0.4) is 0 Å². The van der Waals surface area contributed by atoms with Crippen molar-refractivity contribution in [2.24, 2.45) is 0 Å². The van der Waals surface area contributed by atoms with Crippen molar-refractivity contribution < 1.29 is 9.00 Å². The minimum absolute atomic E-state index is 0.217. The number of nitrogens with zero attached hydrogens (tertiary/aromatic N) is 1. The Kier molecular flexibility index (Phi) is 5.62. The number of pyridine rings is 1. The van der Waals surface area contributed by atoms with Gasteiger partial charge in [-0.25, -0.2) is 0 Å². The van der Waals surface area contributed by atoms with Crippen LogP contribution in [0.1, 0.15) is 17.4 Å². The van der Waals surface area contributed by atoms with Gasteiger partial charge in [0.2, 0.25) is 0 Å². The van der Waals surface area contributed by atoms with E-state index < -0.39 is 10.8 Å². The summed E-state index contributed by atoms with van der Waals surface area (Å²) < 4.78 is 11.2. The van der Waals surface area contributed by atoms with Gasteiger partial charge in [-0.2, -0.15) is 0 Å². The smallest absolute Gasteiger partial charge is 0.269 e. The highest BCUT2D eigenvalue weighted by Crippen LogP contribution is 2.07. The second-order valence-electron chi connectivity index (χ2n) is 3.37. The van der Waals surface area contributed by atoms with Crippen LogP contribution < -0.4 is 10.6 Å². The Morgan fingerprint density at radius 2 is 2.29 bits per heavy atom. The first kappa shape index (κ1) is 13.6. The molecule has 0 aliphatic heterocycles. The van der Waals surface area contributed by atoms with Crippen LogP contribution in [0.5, 0.6) is 0 Å². The fraction of sp³-hybridized carbons (Fsp3) is 0.455. The van der Waals surface area contributed by atoms with E-state index in [-0.39, 0.29) is 5.91 Å². The van der Waals surface area contributed by atoms with Crippen LogP contribution in [-0.2, 0) is 10.8 Å². The summed E-state index contributed by atoms with van der Waals surface area (Å²) in [6.45, 7) is 2.52. The van der Waals surface area contributed by atoms with Gasteiger partial charge in [-0.3, -0.25) is 14.0 Å². The third-order valence-electron chi connectivity index (χ3n) is 2.20. The summed E-state index contributed by atoms with van der Waals surface area (Å²) in [4.78, 5) is 15.3. The molecule has 94 valence electrons. The fourth-order valence-corrected chi connectivity index (χ4v) is 1.86. The lowest BCUT2D eigenvalue weighted by Crippen LogP contribution is -2.19. The number of aromatic nitrogens is 1. The first-order valence-corrected chi connectivity index (χ1v) is 6.93. The highest BCUT2D eigenvalue weighted by Gasteiger charge is 2.05. The molecule has 1 rings (SSSR count). The Hall–Kier alpha value is -1.43. The zero-order valence-electron chi connectivity index (χ0n) is 10.0. The molecule has 1 unspecified atom stereocenters. The van der Waals surface area contributed by atoms with Gasteiger partial charge in [-0.1, -0.05) is 6.92 Å². The number of rotatable bonds is 6. The van der Waals surface area contributed by atoms with Crippen molar-refractivity contribution in [1.29, 1.82) is 0 Å². The van der Waals surface area contributed by atoms with Crippen LogP contribution >= 0.6 is 0 Å². The predicted octanol–water partition coefficient (Wildman–Crippen LogP) is 0.622. The van der Waals surface area contributed by atoms with Gasteiger partial charge in [0.25, 0.3) is 5.91 Å². The number of carbonyl (C=O) groups is 1. The molecule has 0 aromatic carbocycles. The Labute approximate surface area is 103 Å². The van der Waals surface area contributed by atoms with Gasteiger partial charge in [-0.05, 0) is 12.1 Å². The molecule has 17 heavy (non-hydrogen) atoms. The molecule has 0 spiro atoms. The van der Waals surface area contributed by atoms with Gasteiger partial charge >= 0.3 is 0 Å². The van der Waals surface area contributed by atoms with Crippen LogP contribution in [0.25, 0.3) is 0 Å². The molecule has 6 heteroatoms. The summed E-state index contributed by atoms with van der Waals surface area (Å²) in [5.41, 5.74) is 1.18. The standard InChI is InChI=1S/C11H17N3O2S/c1-3-17(16)7-6-13-9-4-5-14-10(8-9)11(15)12-2/h4-5,8H,3,6-7H2,1-2H3,(H,12,15)(H,13,14). The summed E-state index contributed by atoms with van der Waals surface area (Å²) in [6, 6.07) is 3.45. The first-order chi connectivity index (χ1) is 8.17. The van der Waals surface area contributed by atoms with E-state index in [1.165, 1.54) is 0 Å². The topological polar surface area (TPSA) is 71.1 Å². The maximum atomic E-state index is 11.3. The number of hydrogen-bond donors (Lipinski definition) is 2. The molecule has 1 aromatic heterocycles. The minimum Gasteiger partial charge on any atom is -0.384 e. The highest BCUT2D eigenvalue weighted by molar-refractivity contribution is 7.84. The summed E-state index contributed by atoms with van der Waals surface area (Å²) in [5, 5.41) is 5.63. The lowest BCUT2D eigenvalue weighted by atomic mass is 10.3. The Morgan fingerprint density at radius 3 is 2.94 bits per heavy atom. The van der Waals surface area contributed by atoms with Crippen molar-refractivity contribution >= 4 is 22.4 Å². The zero-order valence-corrected chi connectivity index (χ0v) is 10.8. The van der Waals surface area contributed by atoms with Gasteiger partial charge in [0.1, 0.15) is 5.69 Å². The fourth-order valence-electron chi connectivity index (χ4n) is 1.25. The lowest BCUT2D eigenvalue weighted by molar-refractivity contribution is 0.0958. The Morgan fingerprint density at radius 1 is 1.53 bits per heavy atom. The molecular formula is C11H17N3O2S. The maximum absolute atomic E-state index is 11.3. The SMILES string of the molecule is CCS(=O)CCNc1ccnc(C(=O)NC)c1. The van der Waals surface area contributed by atoms with Gasteiger partial charge in [0.15, 0.2) is 0 Å². The van der Waals surface area contributed by atoms with Crippen LogP contribution in [0.4, 0.5) is 5.69 Å². The van der Waals surface area contributed by atoms with Gasteiger partial charge in [-0.15, -0.1) is 0 Å². The molecule has 1 atom stereocenters. The van der Waals surface area contributed by atoms with Crippen LogP contribution in [0, 0.1) is 0 Å². The minimum atomic E-state index is -0.774. The molecule has 1 aromatic rings. The number of anilines is 1. The molecular weight excluding hydrogens is 238 g/mol. The van der Waals surface area contributed by atoms with Crippen molar-refractivity contribution in [1.82, 2.24) is 10.3 Å². The van der Waals surface area contributed by atoms with Gasteiger partial charge < -0.3 is 10.6 Å². The number of carbonyl (C=O) groups excluding carboxylic acids is 1. The largest absolute Gasteiger partial charge is 0.384 e. The normalized spacial score (nSPS) is 11.9. The molecule has 5 nitrogen and oxygen atoms in total. The maximum Gasteiger partial charge on any atom is 0.269 e. The van der Waals surface area contributed by atoms with Crippen molar-refractivity contribution in [3.8, 4) is 0 Å². The summed E-state index contributed by atoms with van der Waals surface area (Å²) in [7, 11) is 0.790. The molecule has 1 amide bonds. The van der Waals surface area contributed by atoms with Crippen LogP contribution in [-0.4, -0.2) is 40.2 Å². The number of hydrogen-bond acceptors (Lipinski definition) is 4. The van der Waals surface area contributed by atoms with E-state index in [2.05, 4.69) is 15.6 Å². The van der Waals surface area contributed by atoms with E-state index in [4.69, 9.17) is 0 Å². The van der Waals surface area contributed by atoms with E-state index in [0.29, 0.717) is 23.7 Å². The Balaban J connectivity index is 2.54. The summed E-state index contributed by atoms with van der Waals surface area (Å²) >= 11 is 0. The lowest BCUT2D eigenvalue weighted by Gasteiger charge is -2.06. The van der Waals surface area contributed by atoms with Crippen molar-refractivity contribution in [2.75, 3.05) is 30.4 Å². The molecule has 0 saturated carbocycles. The molecule has 2 N–H and O–H groups in total. The van der Waals surface area contributed by atoms with Gasteiger partial charge in [0.05, 0.1) is 0 Å². The number of amides is 1. The molecule has 0 fully saturated rings. The second-order valence-corrected chi connectivity index (χ2v) is 5.23. The monoisotopic (exact) mass is 255 g/mol. The molecule has 0 bridgehead atoms. The molecule has 0 radical (unpaired) electrons. The van der Waals surface area contributed by atoms with E-state index in [0.717, 1.165) is 5.69 Å². The zero-order chi connectivity index (χ0) is 12.7. The quantitative estimate of drug-likeness (QED) is 0.782. The highest BCUT2D eigenvalue weighted by atomic mass is 32.2. The van der Waals surface area contributed by atoms with Crippen LogP contribution in [0.2, 0.25) is 0 Å². The average Bonchev–Trinajstić information content (AvgIpc) is 2.38. The van der Waals surface area contributed by atoms with Gasteiger partial charge in [0, 0.05) is 47.8 Å². The molecule has 1 heterocycles. The third kappa shape index (κ3) is 4.52. The molecule has 0 saturated heterocycles. The summed E-state index contributed by atoms with van der Waals surface area (Å²) in [5.74, 6) is 1.06. The Bertz CT molecular complexity index is 409. The third-order valence-corrected chi connectivity index (χ3v) is 3.50.